The summed E-state index contributed by atoms with van der Waals surface area (Å²) in [6, 6.07) is 8.39. The molecule has 0 spiro atoms. The fourth-order valence-corrected chi connectivity index (χ4v) is 2.94. The third-order valence-corrected chi connectivity index (χ3v) is 4.12. The molecular formula is C14H21N3. The molecule has 1 aromatic carbocycles. The molecule has 0 aromatic heterocycles. The van der Waals surface area contributed by atoms with Gasteiger partial charge in [-0.1, -0.05) is 18.2 Å². The number of nitrogen functional groups attached to an aromatic ring is 1. The molecule has 1 aromatic rings. The molecule has 0 atom stereocenters. The van der Waals surface area contributed by atoms with Crippen LogP contribution in [0.5, 0.6) is 0 Å². The van der Waals surface area contributed by atoms with Crippen molar-refractivity contribution in [2.75, 3.05) is 38.5 Å². The second-order valence-corrected chi connectivity index (χ2v) is 5.39. The van der Waals surface area contributed by atoms with Crippen LogP contribution >= 0.6 is 0 Å². The van der Waals surface area contributed by atoms with Crippen LogP contribution < -0.4 is 11.1 Å². The van der Waals surface area contributed by atoms with E-state index in [1.54, 1.807) is 0 Å². The molecule has 1 saturated heterocycles. The van der Waals surface area contributed by atoms with Crippen LogP contribution in [0, 0.1) is 0 Å². The number of anilines is 1. The third kappa shape index (κ3) is 2.17. The summed E-state index contributed by atoms with van der Waals surface area (Å²) in [7, 11) is 0. The summed E-state index contributed by atoms with van der Waals surface area (Å²) in [5, 5.41) is 3.41. The lowest BCUT2D eigenvalue weighted by Gasteiger charge is -2.31. The number of piperazine rings is 1. The zero-order valence-corrected chi connectivity index (χ0v) is 10.3. The van der Waals surface area contributed by atoms with E-state index >= 15 is 0 Å². The van der Waals surface area contributed by atoms with Crippen LogP contribution in [-0.2, 0) is 5.41 Å². The predicted molar refractivity (Wildman–Crippen MR) is 71.1 cm³/mol. The lowest BCUT2D eigenvalue weighted by Crippen LogP contribution is -2.46. The van der Waals surface area contributed by atoms with E-state index in [1.165, 1.54) is 38.0 Å². The van der Waals surface area contributed by atoms with Gasteiger partial charge in [0.15, 0.2) is 0 Å². The second kappa shape index (κ2) is 4.31. The molecule has 3 rings (SSSR count). The lowest BCUT2D eigenvalue weighted by atomic mass is 9.93. The summed E-state index contributed by atoms with van der Waals surface area (Å²) in [4.78, 5) is 2.58. The highest BCUT2D eigenvalue weighted by molar-refractivity contribution is 5.53. The largest absolute Gasteiger partial charge is 0.398 e. The molecule has 3 heteroatoms. The third-order valence-electron chi connectivity index (χ3n) is 4.12. The zero-order valence-electron chi connectivity index (χ0n) is 10.3. The minimum atomic E-state index is 0.364. The minimum absolute atomic E-state index is 0.364. The van der Waals surface area contributed by atoms with Gasteiger partial charge in [-0.2, -0.15) is 0 Å². The Morgan fingerprint density at radius 3 is 2.53 bits per heavy atom. The SMILES string of the molecule is Nc1ccccc1C1(CN2CCNCC2)CC1. The molecule has 3 nitrogen and oxygen atoms in total. The Balaban J connectivity index is 1.75. The van der Waals surface area contributed by atoms with Gasteiger partial charge < -0.3 is 11.1 Å². The maximum absolute atomic E-state index is 6.12. The van der Waals surface area contributed by atoms with Gasteiger partial charge in [0.25, 0.3) is 0 Å². The summed E-state index contributed by atoms with van der Waals surface area (Å²) >= 11 is 0. The molecule has 1 aliphatic carbocycles. The summed E-state index contributed by atoms with van der Waals surface area (Å²) in [5.74, 6) is 0. The Morgan fingerprint density at radius 1 is 1.18 bits per heavy atom. The molecule has 1 aliphatic heterocycles. The van der Waals surface area contributed by atoms with Gasteiger partial charge in [-0.05, 0) is 24.5 Å². The molecule has 0 amide bonds. The van der Waals surface area contributed by atoms with Crippen molar-refractivity contribution in [2.24, 2.45) is 0 Å². The first-order chi connectivity index (χ1) is 8.30. The molecule has 17 heavy (non-hydrogen) atoms. The minimum Gasteiger partial charge on any atom is -0.398 e. The Bertz CT molecular complexity index is 392. The van der Waals surface area contributed by atoms with Crippen molar-refractivity contribution < 1.29 is 0 Å². The molecule has 3 N–H and O–H groups in total. The van der Waals surface area contributed by atoms with Crippen LogP contribution in [0.3, 0.4) is 0 Å². The highest BCUT2D eigenvalue weighted by atomic mass is 15.2. The van der Waals surface area contributed by atoms with E-state index < -0.39 is 0 Å². The van der Waals surface area contributed by atoms with Crippen molar-refractivity contribution in [1.82, 2.24) is 10.2 Å². The summed E-state index contributed by atoms with van der Waals surface area (Å²) < 4.78 is 0. The van der Waals surface area contributed by atoms with E-state index in [2.05, 4.69) is 22.3 Å². The molecule has 2 aliphatic rings. The maximum Gasteiger partial charge on any atom is 0.0352 e. The first kappa shape index (κ1) is 11.1. The Labute approximate surface area is 103 Å². The predicted octanol–water partition coefficient (Wildman–Crippen LogP) is 1.21. The zero-order chi connectivity index (χ0) is 11.7. The van der Waals surface area contributed by atoms with Crippen LogP contribution in [0.2, 0.25) is 0 Å². The number of para-hydroxylation sites is 1. The van der Waals surface area contributed by atoms with E-state index in [1.807, 2.05) is 12.1 Å². The Kier molecular flexibility index (Phi) is 2.81. The van der Waals surface area contributed by atoms with Crippen molar-refractivity contribution in [3.05, 3.63) is 29.8 Å². The van der Waals surface area contributed by atoms with Gasteiger partial charge in [-0.25, -0.2) is 0 Å². The van der Waals surface area contributed by atoms with Crippen LogP contribution in [0.4, 0.5) is 5.69 Å². The summed E-state index contributed by atoms with van der Waals surface area (Å²) in [5.41, 5.74) is 8.83. The molecule has 2 fully saturated rings. The number of nitrogens with zero attached hydrogens (tertiary/aromatic N) is 1. The molecule has 0 unspecified atom stereocenters. The van der Waals surface area contributed by atoms with Crippen LogP contribution in [0.1, 0.15) is 18.4 Å². The van der Waals surface area contributed by atoms with E-state index in [9.17, 15) is 0 Å². The van der Waals surface area contributed by atoms with Gasteiger partial charge in [-0.15, -0.1) is 0 Å². The monoisotopic (exact) mass is 231 g/mol. The molecular weight excluding hydrogens is 210 g/mol. The topological polar surface area (TPSA) is 41.3 Å². The number of nitrogens with one attached hydrogen (secondary N) is 1. The smallest absolute Gasteiger partial charge is 0.0352 e. The molecule has 1 heterocycles. The fraction of sp³-hybridized carbons (Fsp3) is 0.571. The van der Waals surface area contributed by atoms with E-state index in [4.69, 9.17) is 5.73 Å². The van der Waals surface area contributed by atoms with E-state index in [0.717, 1.165) is 18.8 Å². The highest BCUT2D eigenvalue weighted by Gasteiger charge is 2.46. The molecule has 92 valence electrons. The number of rotatable bonds is 3. The van der Waals surface area contributed by atoms with E-state index in [0.29, 0.717) is 5.41 Å². The first-order valence-corrected chi connectivity index (χ1v) is 6.58. The fourth-order valence-electron chi connectivity index (χ4n) is 2.94. The van der Waals surface area contributed by atoms with Crippen molar-refractivity contribution in [3.8, 4) is 0 Å². The Morgan fingerprint density at radius 2 is 1.88 bits per heavy atom. The maximum atomic E-state index is 6.12. The van der Waals surface area contributed by atoms with Gasteiger partial charge in [-0.3, -0.25) is 4.90 Å². The first-order valence-electron chi connectivity index (χ1n) is 6.58. The Hall–Kier alpha value is -1.06. The van der Waals surface area contributed by atoms with Crippen LogP contribution in [0.15, 0.2) is 24.3 Å². The van der Waals surface area contributed by atoms with E-state index in [-0.39, 0.29) is 0 Å². The van der Waals surface area contributed by atoms with Gasteiger partial charge in [0.1, 0.15) is 0 Å². The second-order valence-electron chi connectivity index (χ2n) is 5.39. The number of hydrogen-bond donors (Lipinski definition) is 2. The van der Waals surface area contributed by atoms with Gasteiger partial charge in [0.2, 0.25) is 0 Å². The summed E-state index contributed by atoms with van der Waals surface area (Å²) in [6.07, 6.45) is 2.59. The highest BCUT2D eigenvalue weighted by Crippen LogP contribution is 2.50. The van der Waals surface area contributed by atoms with Crippen LogP contribution in [-0.4, -0.2) is 37.6 Å². The van der Waals surface area contributed by atoms with Crippen molar-refractivity contribution in [1.29, 1.82) is 0 Å². The molecule has 1 saturated carbocycles. The van der Waals surface area contributed by atoms with Gasteiger partial charge in [0, 0.05) is 43.8 Å². The van der Waals surface area contributed by atoms with Gasteiger partial charge >= 0.3 is 0 Å². The normalized spacial score (nSPS) is 23.5. The number of nitrogens with two attached hydrogens (primary N) is 1. The standard InChI is InChI=1S/C14H21N3/c15-13-4-2-1-3-12(13)14(5-6-14)11-17-9-7-16-8-10-17/h1-4,16H,5-11,15H2. The van der Waals surface area contributed by atoms with Crippen molar-refractivity contribution in [2.45, 2.75) is 18.3 Å². The van der Waals surface area contributed by atoms with Gasteiger partial charge in [0.05, 0.1) is 0 Å². The lowest BCUT2D eigenvalue weighted by molar-refractivity contribution is 0.221. The average molecular weight is 231 g/mol. The van der Waals surface area contributed by atoms with Crippen molar-refractivity contribution >= 4 is 5.69 Å². The average Bonchev–Trinajstić information content (AvgIpc) is 3.12. The molecule has 0 bridgehead atoms. The van der Waals surface area contributed by atoms with Crippen LogP contribution in [0.25, 0.3) is 0 Å². The molecule has 0 radical (unpaired) electrons. The van der Waals surface area contributed by atoms with Crippen molar-refractivity contribution in [3.63, 3.8) is 0 Å². The number of benzene rings is 1. The summed E-state index contributed by atoms with van der Waals surface area (Å²) in [6.45, 7) is 5.78. The quantitative estimate of drug-likeness (QED) is 0.768. The number of hydrogen-bond acceptors (Lipinski definition) is 3.